The molecule has 15 heavy (non-hydrogen) atoms. The van der Waals surface area contributed by atoms with Crippen LogP contribution in [-0.4, -0.2) is 17.0 Å². The van der Waals surface area contributed by atoms with Crippen LogP contribution in [0.5, 0.6) is 0 Å². The molecule has 0 saturated heterocycles. The molecule has 1 fully saturated rings. The molecule has 1 aliphatic carbocycles. The van der Waals surface area contributed by atoms with Gasteiger partial charge in [-0.25, -0.2) is 4.79 Å². The van der Waals surface area contributed by atoms with Crippen LogP contribution in [0.25, 0.3) is 0 Å². The van der Waals surface area contributed by atoms with E-state index in [0.29, 0.717) is 6.42 Å². The smallest absolute Gasteiger partial charge is 0.396 e. The van der Waals surface area contributed by atoms with Crippen molar-refractivity contribution in [3.63, 3.8) is 0 Å². The molecule has 0 heterocycles. The molecule has 1 aliphatic rings. The molecule has 5 nitrogen and oxygen atoms in total. The second kappa shape index (κ2) is 4.37. The van der Waals surface area contributed by atoms with E-state index in [2.05, 4.69) is 4.29 Å². The van der Waals surface area contributed by atoms with Crippen molar-refractivity contribution in [1.82, 2.24) is 0 Å². The van der Waals surface area contributed by atoms with E-state index < -0.39 is 23.3 Å². The third-order valence-corrected chi connectivity index (χ3v) is 3.53. The van der Waals surface area contributed by atoms with Gasteiger partial charge in [0.2, 0.25) is 0 Å². The second-order valence-corrected chi connectivity index (χ2v) is 4.64. The first-order valence-electron chi connectivity index (χ1n) is 4.59. The number of hydrogen-bond donors (Lipinski definition) is 1. The number of hydrogen-bond acceptors (Lipinski definition) is 4. The standard InChI is InChI=1S/C9H13ClO5/c1-9(2)5(3-6(9)8(12)13)4-7(11)15-10-14/h5-6H,3-4H2,1-2H3,(H,12,13). The van der Waals surface area contributed by atoms with Crippen molar-refractivity contribution >= 4 is 11.9 Å². The Bertz CT molecular complexity index is 276. The van der Waals surface area contributed by atoms with Crippen LogP contribution in [0, 0.1) is 28.6 Å². The lowest BCUT2D eigenvalue weighted by molar-refractivity contribution is -1.26. The van der Waals surface area contributed by atoms with E-state index in [9.17, 15) is 14.2 Å². The quantitative estimate of drug-likeness (QED) is 0.739. The van der Waals surface area contributed by atoms with Crippen molar-refractivity contribution in [1.29, 1.82) is 0 Å². The fraction of sp³-hybridized carbons (Fsp3) is 0.778. The van der Waals surface area contributed by atoms with Crippen molar-refractivity contribution in [3.8, 4) is 0 Å². The molecule has 0 radical (unpaired) electrons. The molecule has 1 N–H and O–H groups in total. The fourth-order valence-corrected chi connectivity index (χ4v) is 2.18. The highest BCUT2D eigenvalue weighted by Gasteiger charge is 2.52. The minimum Gasteiger partial charge on any atom is -0.495 e. The number of carboxylic acid groups (broad SMARTS) is 1. The predicted octanol–water partition coefficient (Wildman–Crippen LogP) is -0.0581. The molecule has 0 bridgehead atoms. The second-order valence-electron chi connectivity index (χ2n) is 4.36. The van der Waals surface area contributed by atoms with Crippen molar-refractivity contribution in [3.05, 3.63) is 0 Å². The molecular weight excluding hydrogens is 224 g/mol. The molecular formula is C9H13ClO5. The summed E-state index contributed by atoms with van der Waals surface area (Å²) in [6.07, 6.45) is 0.570. The normalized spacial score (nSPS) is 27.9. The number of carbonyl (C=O) groups excluding carboxylic acids is 1. The molecule has 1 rings (SSSR count). The van der Waals surface area contributed by atoms with Gasteiger partial charge in [-0.3, -0.25) is 4.79 Å². The first-order valence-corrected chi connectivity index (χ1v) is 5.21. The summed E-state index contributed by atoms with van der Waals surface area (Å²) in [6.45, 7) is 3.63. The summed E-state index contributed by atoms with van der Waals surface area (Å²) >= 11 is 0.207. The average Bonchev–Trinajstić information content (AvgIpc) is 2.11. The van der Waals surface area contributed by atoms with Crippen LogP contribution >= 0.6 is 0 Å². The van der Waals surface area contributed by atoms with Crippen molar-refractivity contribution in [2.24, 2.45) is 17.3 Å². The maximum Gasteiger partial charge on any atom is 0.396 e. The Kier molecular flexibility index (Phi) is 3.57. The summed E-state index contributed by atoms with van der Waals surface area (Å²) in [7, 11) is 0. The summed E-state index contributed by atoms with van der Waals surface area (Å²) in [5, 5.41) is 8.85. The van der Waals surface area contributed by atoms with E-state index in [1.54, 1.807) is 0 Å². The third kappa shape index (κ3) is 2.41. The van der Waals surface area contributed by atoms with Crippen molar-refractivity contribution in [2.75, 3.05) is 0 Å². The molecule has 1 saturated carbocycles. The number of carbonyl (C=O) groups is 2. The molecule has 0 aromatic carbocycles. The Morgan fingerprint density at radius 2 is 2.20 bits per heavy atom. The van der Waals surface area contributed by atoms with Crippen LogP contribution in [0.15, 0.2) is 0 Å². The van der Waals surface area contributed by atoms with E-state index in [4.69, 9.17) is 5.11 Å². The van der Waals surface area contributed by atoms with Crippen molar-refractivity contribution in [2.45, 2.75) is 26.7 Å². The highest BCUT2D eigenvalue weighted by Crippen LogP contribution is 2.52. The van der Waals surface area contributed by atoms with Gasteiger partial charge in [-0.15, -0.1) is 0 Å². The van der Waals surface area contributed by atoms with Gasteiger partial charge in [0, 0.05) is 0 Å². The summed E-state index contributed by atoms with van der Waals surface area (Å²) in [5.74, 6) is -1.87. The molecule has 0 amide bonds. The zero-order valence-electron chi connectivity index (χ0n) is 8.53. The fourth-order valence-electron chi connectivity index (χ4n) is 2.05. The zero-order chi connectivity index (χ0) is 11.6. The molecule has 0 aromatic heterocycles. The van der Waals surface area contributed by atoms with E-state index in [1.165, 1.54) is 0 Å². The third-order valence-electron chi connectivity index (χ3n) is 3.30. The Labute approximate surface area is 91.5 Å². The average molecular weight is 237 g/mol. The molecule has 86 valence electrons. The Balaban J connectivity index is 2.48. The lowest BCUT2D eigenvalue weighted by Crippen LogP contribution is -2.49. The van der Waals surface area contributed by atoms with Gasteiger partial charge in [0.25, 0.3) is 0 Å². The number of halogens is 1. The summed E-state index contributed by atoms with van der Waals surface area (Å²) in [6, 6.07) is 0. The zero-order valence-corrected chi connectivity index (χ0v) is 9.28. The maximum atomic E-state index is 11.0. The highest BCUT2D eigenvalue weighted by molar-refractivity contribution is 5.74. The Morgan fingerprint density at radius 3 is 2.60 bits per heavy atom. The molecule has 0 spiro atoms. The van der Waals surface area contributed by atoms with Crippen LogP contribution in [0.3, 0.4) is 0 Å². The number of carboxylic acids is 1. The van der Waals surface area contributed by atoms with Crippen LogP contribution in [0.2, 0.25) is 0 Å². The first kappa shape index (κ1) is 12.3. The minimum atomic E-state index is -0.834. The first-order chi connectivity index (χ1) is 6.89. The Hall–Kier alpha value is -0.810. The van der Waals surface area contributed by atoms with Gasteiger partial charge in [-0.2, -0.15) is 4.29 Å². The molecule has 2 unspecified atom stereocenters. The van der Waals surface area contributed by atoms with Gasteiger partial charge in [-0.05, 0) is 17.8 Å². The van der Waals surface area contributed by atoms with Gasteiger partial charge >= 0.3 is 23.3 Å². The van der Waals surface area contributed by atoms with Gasteiger partial charge < -0.3 is 9.77 Å². The van der Waals surface area contributed by atoms with Gasteiger partial charge in [0.05, 0.1) is 12.3 Å². The predicted molar refractivity (Wildman–Crippen MR) is 43.7 cm³/mol. The highest BCUT2D eigenvalue weighted by atomic mass is 35.6. The molecule has 2 atom stereocenters. The monoisotopic (exact) mass is 236 g/mol. The van der Waals surface area contributed by atoms with E-state index in [-0.39, 0.29) is 23.7 Å². The largest absolute Gasteiger partial charge is 0.495 e. The number of rotatable bonds is 4. The van der Waals surface area contributed by atoms with Crippen molar-refractivity contribution < 1.29 is 35.0 Å². The maximum absolute atomic E-state index is 11.0. The van der Waals surface area contributed by atoms with Crippen LogP contribution in [0.4, 0.5) is 0 Å². The summed E-state index contributed by atoms with van der Waals surface area (Å²) < 4.78 is 14.0. The van der Waals surface area contributed by atoms with E-state index in [1.807, 2.05) is 13.8 Å². The summed E-state index contributed by atoms with van der Waals surface area (Å²) in [5.41, 5.74) is -0.411. The lowest BCUT2D eigenvalue weighted by atomic mass is 9.54. The summed E-state index contributed by atoms with van der Waals surface area (Å²) in [4.78, 5) is 21.8. The molecule has 0 aliphatic heterocycles. The van der Waals surface area contributed by atoms with Crippen LogP contribution < -0.4 is 4.66 Å². The molecule has 6 heteroatoms. The number of aliphatic carboxylic acids is 1. The SMILES string of the molecule is CC1(C)C(CC(=O)O[Cl+][O-])CC1C(=O)O. The van der Waals surface area contributed by atoms with Gasteiger partial charge in [-0.1, -0.05) is 13.8 Å². The molecule has 0 aromatic rings. The van der Waals surface area contributed by atoms with Gasteiger partial charge in [0.15, 0.2) is 0 Å². The van der Waals surface area contributed by atoms with Crippen LogP contribution in [0.1, 0.15) is 26.7 Å². The van der Waals surface area contributed by atoms with E-state index >= 15 is 0 Å². The lowest BCUT2D eigenvalue weighted by Gasteiger charge is -2.49. The van der Waals surface area contributed by atoms with Gasteiger partial charge in [0.1, 0.15) is 0 Å². The topological polar surface area (TPSA) is 86.7 Å². The Morgan fingerprint density at radius 1 is 1.60 bits per heavy atom. The van der Waals surface area contributed by atoms with Crippen LogP contribution in [-0.2, 0) is 13.9 Å². The van der Waals surface area contributed by atoms with E-state index in [0.717, 1.165) is 0 Å². The minimum absolute atomic E-state index is 0.0244.